The van der Waals surface area contributed by atoms with Crippen LogP contribution in [0, 0.1) is 6.92 Å². The molecule has 1 fully saturated rings. The summed E-state index contributed by atoms with van der Waals surface area (Å²) in [5, 5.41) is 0. The van der Waals surface area contributed by atoms with E-state index in [0.717, 1.165) is 59.8 Å². The number of carbonyl (C=O) groups excluding carboxylic acids is 1. The summed E-state index contributed by atoms with van der Waals surface area (Å²) in [7, 11) is 0. The molecule has 3 aromatic rings. The molecule has 1 unspecified atom stereocenters. The first-order valence-corrected chi connectivity index (χ1v) is 12.1. The van der Waals surface area contributed by atoms with Gasteiger partial charge >= 0.3 is 0 Å². The number of rotatable bonds is 5. The normalized spacial score (nSPS) is 18.9. The molecule has 5 nitrogen and oxygen atoms in total. The minimum atomic E-state index is 0.133. The third kappa shape index (κ3) is 3.92. The summed E-state index contributed by atoms with van der Waals surface area (Å²) in [6.07, 6.45) is 5.65. The Morgan fingerprint density at radius 2 is 1.76 bits per heavy atom. The van der Waals surface area contributed by atoms with Crippen molar-refractivity contribution in [3.8, 4) is 11.5 Å². The molecule has 1 saturated heterocycles. The SMILES string of the molecule is Cc1cc(N2CCN3C=CCC3C2)cc2c1C(=O)N(Cc1ccc(Oc3ccccc3)cc1)C2. The molecule has 5 heteroatoms. The summed E-state index contributed by atoms with van der Waals surface area (Å²) in [4.78, 5) is 20.1. The van der Waals surface area contributed by atoms with Crippen molar-refractivity contribution in [2.75, 3.05) is 24.5 Å². The van der Waals surface area contributed by atoms with Gasteiger partial charge in [-0.1, -0.05) is 36.4 Å². The summed E-state index contributed by atoms with van der Waals surface area (Å²) >= 11 is 0. The monoisotopic (exact) mass is 451 g/mol. The minimum Gasteiger partial charge on any atom is -0.457 e. The molecule has 0 aromatic heterocycles. The number of aryl methyl sites for hydroxylation is 1. The van der Waals surface area contributed by atoms with E-state index in [4.69, 9.17) is 4.74 Å². The van der Waals surface area contributed by atoms with E-state index in [2.05, 4.69) is 41.1 Å². The summed E-state index contributed by atoms with van der Waals surface area (Å²) in [6, 6.07) is 22.8. The Morgan fingerprint density at radius 3 is 2.59 bits per heavy atom. The van der Waals surface area contributed by atoms with E-state index in [0.29, 0.717) is 19.1 Å². The molecule has 0 saturated carbocycles. The molecule has 1 atom stereocenters. The van der Waals surface area contributed by atoms with Crippen LogP contribution >= 0.6 is 0 Å². The van der Waals surface area contributed by atoms with Crippen molar-refractivity contribution in [1.29, 1.82) is 0 Å². The highest BCUT2D eigenvalue weighted by atomic mass is 16.5. The fourth-order valence-corrected chi connectivity index (χ4v) is 5.39. The zero-order valence-electron chi connectivity index (χ0n) is 19.5. The van der Waals surface area contributed by atoms with Crippen LogP contribution in [0.3, 0.4) is 0 Å². The van der Waals surface area contributed by atoms with E-state index < -0.39 is 0 Å². The van der Waals surface area contributed by atoms with Crippen molar-refractivity contribution in [3.05, 3.63) is 101 Å². The summed E-state index contributed by atoms with van der Waals surface area (Å²) in [5.41, 5.74) is 5.47. The van der Waals surface area contributed by atoms with E-state index in [-0.39, 0.29) is 5.91 Å². The first-order chi connectivity index (χ1) is 16.6. The summed E-state index contributed by atoms with van der Waals surface area (Å²) < 4.78 is 5.90. The van der Waals surface area contributed by atoms with Crippen LogP contribution in [0.5, 0.6) is 11.5 Å². The first kappa shape index (κ1) is 20.8. The number of carbonyl (C=O) groups is 1. The predicted molar refractivity (Wildman–Crippen MR) is 134 cm³/mol. The Bertz CT molecular complexity index is 1240. The Morgan fingerprint density at radius 1 is 0.971 bits per heavy atom. The third-order valence-electron chi connectivity index (χ3n) is 7.14. The van der Waals surface area contributed by atoms with E-state index in [1.807, 2.05) is 59.5 Å². The van der Waals surface area contributed by atoms with Crippen LogP contribution in [0.1, 0.15) is 33.5 Å². The molecule has 0 aliphatic carbocycles. The molecule has 3 heterocycles. The largest absolute Gasteiger partial charge is 0.457 e. The average molecular weight is 452 g/mol. The van der Waals surface area contributed by atoms with Gasteiger partial charge in [-0.25, -0.2) is 0 Å². The van der Waals surface area contributed by atoms with Gasteiger partial charge in [-0.15, -0.1) is 0 Å². The van der Waals surface area contributed by atoms with Crippen LogP contribution in [0.15, 0.2) is 79.0 Å². The van der Waals surface area contributed by atoms with Gasteiger partial charge < -0.3 is 19.4 Å². The molecule has 0 spiro atoms. The number of nitrogens with zero attached hydrogens (tertiary/aromatic N) is 3. The smallest absolute Gasteiger partial charge is 0.255 e. The molecule has 6 rings (SSSR count). The van der Waals surface area contributed by atoms with E-state index in [9.17, 15) is 4.79 Å². The number of hydrogen-bond donors (Lipinski definition) is 0. The number of hydrogen-bond acceptors (Lipinski definition) is 4. The molecular weight excluding hydrogens is 422 g/mol. The molecule has 0 bridgehead atoms. The molecule has 172 valence electrons. The predicted octanol–water partition coefficient (Wildman–Crippen LogP) is 5.35. The topological polar surface area (TPSA) is 36.0 Å². The Balaban J connectivity index is 1.15. The maximum absolute atomic E-state index is 13.2. The van der Waals surface area contributed by atoms with Gasteiger partial charge in [-0.05, 0) is 72.6 Å². The quantitative estimate of drug-likeness (QED) is 0.524. The van der Waals surface area contributed by atoms with Crippen molar-refractivity contribution in [2.24, 2.45) is 0 Å². The van der Waals surface area contributed by atoms with Crippen molar-refractivity contribution >= 4 is 11.6 Å². The van der Waals surface area contributed by atoms with E-state index in [1.54, 1.807) is 0 Å². The Labute approximate surface area is 200 Å². The van der Waals surface area contributed by atoms with Crippen molar-refractivity contribution in [2.45, 2.75) is 32.5 Å². The van der Waals surface area contributed by atoms with Gasteiger partial charge in [-0.3, -0.25) is 4.79 Å². The lowest BCUT2D eigenvalue weighted by Gasteiger charge is -2.39. The maximum atomic E-state index is 13.2. The number of anilines is 1. The van der Waals surface area contributed by atoms with Gasteiger partial charge in [0, 0.05) is 50.0 Å². The zero-order valence-corrected chi connectivity index (χ0v) is 19.5. The molecule has 34 heavy (non-hydrogen) atoms. The van der Waals surface area contributed by atoms with Crippen molar-refractivity contribution < 1.29 is 9.53 Å². The fraction of sp³-hybridized carbons (Fsp3) is 0.276. The molecule has 0 N–H and O–H groups in total. The van der Waals surface area contributed by atoms with Crippen LogP contribution in [0.4, 0.5) is 5.69 Å². The molecule has 3 aliphatic rings. The van der Waals surface area contributed by atoms with Crippen LogP contribution in [0.2, 0.25) is 0 Å². The number of para-hydroxylation sites is 1. The second-order valence-corrected chi connectivity index (χ2v) is 9.48. The maximum Gasteiger partial charge on any atom is 0.255 e. The zero-order chi connectivity index (χ0) is 23.1. The Kier molecular flexibility index (Phi) is 5.25. The summed E-state index contributed by atoms with van der Waals surface area (Å²) in [6.45, 7) is 6.46. The molecule has 1 amide bonds. The van der Waals surface area contributed by atoms with Crippen LogP contribution in [0.25, 0.3) is 0 Å². The Hall–Kier alpha value is -3.73. The highest BCUT2D eigenvalue weighted by Crippen LogP contribution is 2.33. The van der Waals surface area contributed by atoms with E-state index in [1.165, 1.54) is 5.69 Å². The number of ether oxygens (including phenoxy) is 1. The number of amides is 1. The lowest BCUT2D eigenvalue weighted by molar-refractivity contribution is 0.0766. The molecule has 3 aliphatic heterocycles. The fourth-order valence-electron chi connectivity index (χ4n) is 5.39. The van der Waals surface area contributed by atoms with Gasteiger partial charge in [0.05, 0.1) is 0 Å². The second-order valence-electron chi connectivity index (χ2n) is 9.48. The van der Waals surface area contributed by atoms with Crippen molar-refractivity contribution in [1.82, 2.24) is 9.80 Å². The van der Waals surface area contributed by atoms with Gasteiger partial charge in [0.2, 0.25) is 0 Å². The molecule has 3 aromatic carbocycles. The van der Waals surface area contributed by atoms with Crippen LogP contribution in [-0.2, 0) is 13.1 Å². The number of benzene rings is 3. The van der Waals surface area contributed by atoms with Gasteiger partial charge in [-0.2, -0.15) is 0 Å². The second kappa shape index (κ2) is 8.56. The first-order valence-electron chi connectivity index (χ1n) is 12.1. The number of fused-ring (bicyclic) bond motifs is 2. The van der Waals surface area contributed by atoms with Crippen LogP contribution in [-0.4, -0.2) is 41.4 Å². The average Bonchev–Trinajstić information content (AvgIpc) is 3.45. The lowest BCUT2D eigenvalue weighted by Crippen LogP contribution is -2.49. The summed E-state index contributed by atoms with van der Waals surface area (Å²) in [5.74, 6) is 1.75. The van der Waals surface area contributed by atoms with E-state index >= 15 is 0 Å². The lowest BCUT2D eigenvalue weighted by atomic mass is 10.0. The highest BCUT2D eigenvalue weighted by molar-refractivity contribution is 6.00. The van der Waals surface area contributed by atoms with Gasteiger partial charge in [0.25, 0.3) is 5.91 Å². The third-order valence-corrected chi connectivity index (χ3v) is 7.14. The van der Waals surface area contributed by atoms with Crippen molar-refractivity contribution in [3.63, 3.8) is 0 Å². The number of piperazine rings is 1. The van der Waals surface area contributed by atoms with Gasteiger partial charge in [0.15, 0.2) is 0 Å². The minimum absolute atomic E-state index is 0.133. The highest BCUT2D eigenvalue weighted by Gasteiger charge is 2.32. The van der Waals surface area contributed by atoms with Crippen LogP contribution < -0.4 is 9.64 Å². The molecule has 0 radical (unpaired) electrons. The standard InChI is InChI=1S/C29H29N3O2/c1-21-16-25(31-15-14-30-13-5-6-24(30)20-31)17-23-19-32(29(33)28(21)23)18-22-9-11-27(12-10-22)34-26-7-3-2-4-8-26/h2-5,7-13,16-17,24H,6,14-15,18-20H2,1H3. The molecular formula is C29H29N3O2. The van der Waals surface area contributed by atoms with Gasteiger partial charge in [0.1, 0.15) is 11.5 Å².